The van der Waals surface area contributed by atoms with Crippen LogP contribution in [-0.4, -0.2) is 29.7 Å². The number of hydrogen-bond donors (Lipinski definition) is 1. The van der Waals surface area contributed by atoms with E-state index in [0.29, 0.717) is 11.7 Å². The highest BCUT2D eigenvalue weighted by Crippen LogP contribution is 2.24. The van der Waals surface area contributed by atoms with Gasteiger partial charge in [0.1, 0.15) is 6.07 Å². The molecule has 2 rings (SSSR count). The fraction of sp³-hybridized carbons (Fsp3) is 0.692. The van der Waals surface area contributed by atoms with Gasteiger partial charge < -0.3 is 10.2 Å². The summed E-state index contributed by atoms with van der Waals surface area (Å²) in [7, 11) is 0. The lowest BCUT2D eigenvalue weighted by atomic mass is 10.0. The number of nitrogens with zero attached hydrogens (tertiary/aromatic N) is 3. The first kappa shape index (κ1) is 13.3. The molecule has 0 radical (unpaired) electrons. The van der Waals surface area contributed by atoms with Crippen molar-refractivity contribution in [1.82, 2.24) is 10.3 Å². The minimum Gasteiger partial charge on any atom is -0.346 e. The van der Waals surface area contributed by atoms with Gasteiger partial charge in [-0.25, -0.2) is 4.98 Å². The number of hydrogen-bond acceptors (Lipinski definition) is 5. The van der Waals surface area contributed by atoms with E-state index in [1.54, 1.807) is 11.3 Å². The van der Waals surface area contributed by atoms with Gasteiger partial charge in [-0.3, -0.25) is 0 Å². The Hall–Kier alpha value is -1.12. The van der Waals surface area contributed by atoms with E-state index in [-0.39, 0.29) is 5.54 Å². The van der Waals surface area contributed by atoms with Gasteiger partial charge in [-0.15, -0.1) is 11.3 Å². The Morgan fingerprint density at radius 2 is 2.33 bits per heavy atom. The fourth-order valence-corrected chi connectivity index (χ4v) is 3.13. The Bertz CT molecular complexity index is 441. The van der Waals surface area contributed by atoms with Gasteiger partial charge in [-0.1, -0.05) is 0 Å². The van der Waals surface area contributed by atoms with Crippen LogP contribution in [0.4, 0.5) is 5.13 Å². The van der Waals surface area contributed by atoms with E-state index >= 15 is 0 Å². The van der Waals surface area contributed by atoms with Crippen molar-refractivity contribution in [2.75, 3.05) is 18.0 Å². The molecule has 98 valence electrons. The third-order valence-corrected chi connectivity index (χ3v) is 3.84. The van der Waals surface area contributed by atoms with Crippen LogP contribution in [0.5, 0.6) is 0 Å². The molecule has 2 heterocycles. The van der Waals surface area contributed by atoms with Gasteiger partial charge in [0.15, 0.2) is 10.8 Å². The normalized spacial score (nSPS) is 20.8. The molecule has 5 heteroatoms. The molecule has 1 unspecified atom stereocenters. The standard InChI is InChI=1S/C13H20N4S/c1-13(2,3)16-10-5-4-6-17(8-10)12-15-11(7-14)9-18-12/h9-10,16H,4-6,8H2,1-3H3. The molecule has 1 aromatic heterocycles. The molecule has 1 aromatic rings. The Balaban J connectivity index is 2.00. The topological polar surface area (TPSA) is 52.0 Å². The van der Waals surface area contributed by atoms with E-state index in [4.69, 9.17) is 5.26 Å². The largest absolute Gasteiger partial charge is 0.346 e. The number of aromatic nitrogens is 1. The number of thiazole rings is 1. The van der Waals surface area contributed by atoms with Crippen molar-refractivity contribution in [1.29, 1.82) is 5.26 Å². The molecule has 0 aromatic carbocycles. The molecule has 0 bridgehead atoms. The predicted octanol–water partition coefficient (Wildman–Crippen LogP) is 2.37. The van der Waals surface area contributed by atoms with Crippen molar-refractivity contribution in [3.63, 3.8) is 0 Å². The van der Waals surface area contributed by atoms with Gasteiger partial charge in [-0.2, -0.15) is 5.26 Å². The molecule has 1 fully saturated rings. The van der Waals surface area contributed by atoms with Crippen LogP contribution in [0.25, 0.3) is 0 Å². The number of nitriles is 1. The van der Waals surface area contributed by atoms with Gasteiger partial charge in [0.05, 0.1) is 0 Å². The molecule has 0 spiro atoms. The minimum absolute atomic E-state index is 0.147. The lowest BCUT2D eigenvalue weighted by Gasteiger charge is -2.36. The Morgan fingerprint density at radius 1 is 1.56 bits per heavy atom. The molecule has 1 aliphatic rings. The molecule has 4 nitrogen and oxygen atoms in total. The van der Waals surface area contributed by atoms with E-state index in [2.05, 4.69) is 42.0 Å². The zero-order valence-electron chi connectivity index (χ0n) is 11.2. The summed E-state index contributed by atoms with van der Waals surface area (Å²) >= 11 is 1.57. The fourth-order valence-electron chi connectivity index (χ4n) is 2.34. The van der Waals surface area contributed by atoms with Crippen LogP contribution in [-0.2, 0) is 0 Å². The van der Waals surface area contributed by atoms with Crippen LogP contribution in [0, 0.1) is 11.3 Å². The van der Waals surface area contributed by atoms with Gasteiger partial charge in [0.25, 0.3) is 0 Å². The summed E-state index contributed by atoms with van der Waals surface area (Å²) in [6.07, 6.45) is 2.39. The average molecular weight is 264 g/mol. The second-order valence-corrected chi connectivity index (χ2v) is 6.64. The highest BCUT2D eigenvalue weighted by atomic mass is 32.1. The van der Waals surface area contributed by atoms with E-state index in [9.17, 15) is 0 Å². The summed E-state index contributed by atoms with van der Waals surface area (Å²) < 4.78 is 0. The number of nitrogens with one attached hydrogen (secondary N) is 1. The molecule has 1 N–H and O–H groups in total. The van der Waals surface area contributed by atoms with E-state index in [1.807, 2.05) is 5.38 Å². The number of piperidine rings is 1. The maximum atomic E-state index is 8.82. The third kappa shape index (κ3) is 3.44. The van der Waals surface area contributed by atoms with Gasteiger partial charge >= 0.3 is 0 Å². The monoisotopic (exact) mass is 264 g/mol. The molecule has 0 amide bonds. The summed E-state index contributed by atoms with van der Waals surface area (Å²) in [5, 5.41) is 15.3. The van der Waals surface area contributed by atoms with Crippen LogP contribution in [0.3, 0.4) is 0 Å². The van der Waals surface area contributed by atoms with Crippen molar-refractivity contribution < 1.29 is 0 Å². The summed E-state index contributed by atoms with van der Waals surface area (Å²) in [5.74, 6) is 0. The smallest absolute Gasteiger partial charge is 0.186 e. The van der Waals surface area contributed by atoms with Crippen LogP contribution in [0.2, 0.25) is 0 Å². The van der Waals surface area contributed by atoms with Crippen molar-refractivity contribution in [3.8, 4) is 6.07 Å². The number of rotatable bonds is 2. The summed E-state index contributed by atoms with van der Waals surface area (Å²) in [6, 6.07) is 2.60. The van der Waals surface area contributed by atoms with E-state index in [0.717, 1.165) is 18.2 Å². The molecule has 1 atom stereocenters. The highest BCUT2D eigenvalue weighted by Gasteiger charge is 2.25. The van der Waals surface area contributed by atoms with Crippen LogP contribution < -0.4 is 10.2 Å². The van der Waals surface area contributed by atoms with Crippen LogP contribution in [0.15, 0.2) is 5.38 Å². The maximum absolute atomic E-state index is 8.82. The van der Waals surface area contributed by atoms with Crippen molar-refractivity contribution in [2.45, 2.75) is 45.2 Å². The first-order chi connectivity index (χ1) is 8.48. The molecule has 1 saturated heterocycles. The second kappa shape index (κ2) is 5.25. The van der Waals surface area contributed by atoms with Gasteiger partial charge in [-0.05, 0) is 33.6 Å². The first-order valence-electron chi connectivity index (χ1n) is 6.36. The SMILES string of the molecule is CC(C)(C)NC1CCCN(c2nc(C#N)cs2)C1. The van der Waals surface area contributed by atoms with Crippen LogP contribution in [0.1, 0.15) is 39.3 Å². The van der Waals surface area contributed by atoms with E-state index in [1.165, 1.54) is 12.8 Å². The molecule has 18 heavy (non-hydrogen) atoms. The highest BCUT2D eigenvalue weighted by molar-refractivity contribution is 7.13. The third-order valence-electron chi connectivity index (χ3n) is 2.94. The summed E-state index contributed by atoms with van der Waals surface area (Å²) in [6.45, 7) is 8.62. The quantitative estimate of drug-likeness (QED) is 0.891. The zero-order valence-corrected chi connectivity index (χ0v) is 12.0. The second-order valence-electron chi connectivity index (χ2n) is 5.81. The molecule has 0 aliphatic carbocycles. The Kier molecular flexibility index (Phi) is 3.88. The summed E-state index contributed by atoms with van der Waals surface area (Å²) in [4.78, 5) is 6.63. The van der Waals surface area contributed by atoms with E-state index < -0.39 is 0 Å². The number of anilines is 1. The van der Waals surface area contributed by atoms with Crippen molar-refractivity contribution in [2.24, 2.45) is 0 Å². The molecular weight excluding hydrogens is 244 g/mol. The lowest BCUT2D eigenvalue weighted by Crippen LogP contribution is -2.52. The van der Waals surface area contributed by atoms with Gasteiger partial charge in [0.2, 0.25) is 0 Å². The molecular formula is C13H20N4S. The van der Waals surface area contributed by atoms with Crippen molar-refractivity contribution >= 4 is 16.5 Å². The molecule has 0 saturated carbocycles. The van der Waals surface area contributed by atoms with Gasteiger partial charge in [0, 0.05) is 30.1 Å². The minimum atomic E-state index is 0.147. The maximum Gasteiger partial charge on any atom is 0.186 e. The lowest BCUT2D eigenvalue weighted by molar-refractivity contribution is 0.323. The van der Waals surface area contributed by atoms with Crippen LogP contribution >= 0.6 is 11.3 Å². The zero-order chi connectivity index (χ0) is 13.2. The predicted molar refractivity (Wildman–Crippen MR) is 75.0 cm³/mol. The Labute approximate surface area is 113 Å². The first-order valence-corrected chi connectivity index (χ1v) is 7.24. The summed E-state index contributed by atoms with van der Waals surface area (Å²) in [5.41, 5.74) is 0.676. The Morgan fingerprint density at radius 3 is 2.94 bits per heavy atom. The molecule has 1 aliphatic heterocycles. The van der Waals surface area contributed by atoms with Crippen molar-refractivity contribution in [3.05, 3.63) is 11.1 Å². The average Bonchev–Trinajstić information content (AvgIpc) is 2.75.